The standard InChI is InChI=1S/C23H31N3O5S/c1-18-4-5-19(2)22(16-18)25-32(28,29)21-8-6-20(7-9-21)31-17-23(27)24-10-3-11-26-12-14-30-15-13-26/h4-9,16,25H,3,10-15,17H2,1-2H3,(H,24,27). The van der Waals surface area contributed by atoms with Crippen LogP contribution in [0.3, 0.4) is 0 Å². The monoisotopic (exact) mass is 461 g/mol. The fraction of sp³-hybridized carbons (Fsp3) is 0.435. The first kappa shape index (κ1) is 24.0. The molecule has 0 unspecified atom stereocenters. The van der Waals surface area contributed by atoms with Crippen molar-refractivity contribution in [1.82, 2.24) is 10.2 Å². The molecule has 1 aliphatic heterocycles. The van der Waals surface area contributed by atoms with E-state index in [2.05, 4.69) is 14.9 Å². The van der Waals surface area contributed by atoms with Gasteiger partial charge < -0.3 is 14.8 Å². The number of nitrogens with one attached hydrogen (secondary N) is 2. The highest BCUT2D eigenvalue weighted by molar-refractivity contribution is 7.92. The zero-order valence-corrected chi connectivity index (χ0v) is 19.4. The number of aryl methyl sites for hydroxylation is 2. The highest BCUT2D eigenvalue weighted by Gasteiger charge is 2.16. The summed E-state index contributed by atoms with van der Waals surface area (Å²) in [6.07, 6.45) is 0.867. The van der Waals surface area contributed by atoms with Crippen LogP contribution in [-0.2, 0) is 19.6 Å². The average molecular weight is 462 g/mol. The Morgan fingerprint density at radius 1 is 1.09 bits per heavy atom. The maximum absolute atomic E-state index is 12.7. The lowest BCUT2D eigenvalue weighted by atomic mass is 10.1. The van der Waals surface area contributed by atoms with Crippen molar-refractivity contribution in [3.05, 3.63) is 53.6 Å². The lowest BCUT2D eigenvalue weighted by Gasteiger charge is -2.26. The van der Waals surface area contributed by atoms with Gasteiger partial charge in [0.25, 0.3) is 15.9 Å². The van der Waals surface area contributed by atoms with Gasteiger partial charge in [-0.05, 0) is 68.3 Å². The molecule has 1 fully saturated rings. The van der Waals surface area contributed by atoms with Crippen molar-refractivity contribution in [3.8, 4) is 5.75 Å². The number of nitrogens with zero attached hydrogens (tertiary/aromatic N) is 1. The van der Waals surface area contributed by atoms with Crippen molar-refractivity contribution in [3.63, 3.8) is 0 Å². The number of rotatable bonds is 10. The number of ether oxygens (including phenoxy) is 2. The Hall–Kier alpha value is -2.62. The van der Waals surface area contributed by atoms with Gasteiger partial charge in [-0.15, -0.1) is 0 Å². The molecule has 9 heteroatoms. The molecular weight excluding hydrogens is 430 g/mol. The third-order valence-electron chi connectivity index (χ3n) is 5.22. The second-order valence-electron chi connectivity index (χ2n) is 7.84. The van der Waals surface area contributed by atoms with E-state index < -0.39 is 10.0 Å². The average Bonchev–Trinajstić information content (AvgIpc) is 2.78. The van der Waals surface area contributed by atoms with E-state index in [9.17, 15) is 13.2 Å². The zero-order valence-electron chi connectivity index (χ0n) is 18.6. The molecule has 1 heterocycles. The molecule has 1 aliphatic rings. The predicted octanol–water partition coefficient (Wildman–Crippen LogP) is 2.32. The molecule has 174 valence electrons. The van der Waals surface area contributed by atoms with Crippen molar-refractivity contribution in [1.29, 1.82) is 0 Å². The van der Waals surface area contributed by atoms with E-state index >= 15 is 0 Å². The molecule has 1 amide bonds. The minimum atomic E-state index is -3.72. The first-order valence-corrected chi connectivity index (χ1v) is 12.2. The molecule has 0 spiro atoms. The summed E-state index contributed by atoms with van der Waals surface area (Å²) in [7, 11) is -3.72. The van der Waals surface area contributed by atoms with Crippen LogP contribution in [0.4, 0.5) is 5.69 Å². The molecular formula is C23H31N3O5S. The number of carbonyl (C=O) groups is 1. The van der Waals surface area contributed by atoms with E-state index in [0.717, 1.165) is 50.4 Å². The van der Waals surface area contributed by atoms with Crippen LogP contribution in [0.1, 0.15) is 17.5 Å². The maximum atomic E-state index is 12.7. The number of sulfonamides is 1. The third kappa shape index (κ3) is 7.22. The van der Waals surface area contributed by atoms with E-state index in [1.165, 1.54) is 12.1 Å². The number of morpholine rings is 1. The minimum absolute atomic E-state index is 0.121. The molecule has 0 aliphatic carbocycles. The van der Waals surface area contributed by atoms with E-state index in [4.69, 9.17) is 9.47 Å². The van der Waals surface area contributed by atoms with E-state index in [1.54, 1.807) is 18.2 Å². The van der Waals surface area contributed by atoms with E-state index in [1.807, 2.05) is 26.0 Å². The van der Waals surface area contributed by atoms with Crippen LogP contribution in [0.5, 0.6) is 5.75 Å². The number of carbonyl (C=O) groups excluding carboxylic acids is 1. The number of anilines is 1. The van der Waals surface area contributed by atoms with Crippen LogP contribution >= 0.6 is 0 Å². The molecule has 0 radical (unpaired) electrons. The fourth-order valence-corrected chi connectivity index (χ4v) is 4.44. The molecule has 0 atom stereocenters. The van der Waals surface area contributed by atoms with Gasteiger partial charge in [-0.25, -0.2) is 8.42 Å². The molecule has 32 heavy (non-hydrogen) atoms. The zero-order chi connectivity index (χ0) is 23.0. The Balaban J connectivity index is 1.43. The second-order valence-corrected chi connectivity index (χ2v) is 9.52. The molecule has 2 N–H and O–H groups in total. The van der Waals surface area contributed by atoms with Crippen LogP contribution in [0.25, 0.3) is 0 Å². The van der Waals surface area contributed by atoms with Gasteiger partial charge in [0.15, 0.2) is 6.61 Å². The molecule has 0 aromatic heterocycles. The van der Waals surface area contributed by atoms with Gasteiger partial charge in [-0.1, -0.05) is 12.1 Å². The van der Waals surface area contributed by atoms with Gasteiger partial charge in [0.2, 0.25) is 0 Å². The highest BCUT2D eigenvalue weighted by Crippen LogP contribution is 2.22. The molecule has 2 aromatic rings. The van der Waals surface area contributed by atoms with Crippen molar-refractivity contribution in [2.24, 2.45) is 0 Å². The minimum Gasteiger partial charge on any atom is -0.484 e. The Bertz CT molecular complexity index is 1000. The summed E-state index contributed by atoms with van der Waals surface area (Å²) in [6, 6.07) is 11.6. The molecule has 0 bridgehead atoms. The first-order valence-electron chi connectivity index (χ1n) is 10.7. The molecule has 3 rings (SSSR count). The highest BCUT2D eigenvalue weighted by atomic mass is 32.2. The van der Waals surface area contributed by atoms with E-state index in [0.29, 0.717) is 18.0 Å². The van der Waals surface area contributed by atoms with Crippen LogP contribution in [-0.4, -0.2) is 65.2 Å². The topological polar surface area (TPSA) is 97.0 Å². The summed E-state index contributed by atoms with van der Waals surface area (Å²) in [5.41, 5.74) is 2.36. The first-order chi connectivity index (χ1) is 15.3. The Morgan fingerprint density at radius 2 is 1.81 bits per heavy atom. The van der Waals surface area contributed by atoms with Gasteiger partial charge in [0.05, 0.1) is 23.8 Å². The van der Waals surface area contributed by atoms with Gasteiger partial charge in [0.1, 0.15) is 5.75 Å². The Labute approximate surface area is 190 Å². The van der Waals surface area contributed by atoms with Crippen LogP contribution in [0.15, 0.2) is 47.4 Å². The summed E-state index contributed by atoms with van der Waals surface area (Å²) in [5.74, 6) is 0.222. The summed E-state index contributed by atoms with van der Waals surface area (Å²) >= 11 is 0. The van der Waals surface area contributed by atoms with Crippen LogP contribution < -0.4 is 14.8 Å². The normalized spacial score (nSPS) is 14.7. The van der Waals surface area contributed by atoms with Crippen LogP contribution in [0.2, 0.25) is 0 Å². The van der Waals surface area contributed by atoms with Gasteiger partial charge in [-0.3, -0.25) is 14.4 Å². The number of benzene rings is 2. The van der Waals surface area contributed by atoms with Crippen molar-refractivity contribution in [2.75, 3.05) is 50.7 Å². The molecule has 1 saturated heterocycles. The van der Waals surface area contributed by atoms with Gasteiger partial charge in [-0.2, -0.15) is 0 Å². The number of hydrogen-bond donors (Lipinski definition) is 2. The summed E-state index contributed by atoms with van der Waals surface area (Å²) in [4.78, 5) is 14.4. The van der Waals surface area contributed by atoms with Crippen molar-refractivity contribution in [2.45, 2.75) is 25.2 Å². The maximum Gasteiger partial charge on any atom is 0.261 e. The molecule has 0 saturated carbocycles. The summed E-state index contributed by atoms with van der Waals surface area (Å²) in [6.45, 7) is 8.54. The second kappa shape index (κ2) is 11.3. The largest absolute Gasteiger partial charge is 0.484 e. The molecule has 2 aromatic carbocycles. The Kier molecular flexibility index (Phi) is 8.49. The lowest BCUT2D eigenvalue weighted by molar-refractivity contribution is -0.123. The number of hydrogen-bond acceptors (Lipinski definition) is 6. The summed E-state index contributed by atoms with van der Waals surface area (Å²) in [5, 5.41) is 2.84. The van der Waals surface area contributed by atoms with Crippen LogP contribution in [0, 0.1) is 13.8 Å². The molecule has 8 nitrogen and oxygen atoms in total. The quantitative estimate of drug-likeness (QED) is 0.527. The van der Waals surface area contributed by atoms with E-state index in [-0.39, 0.29) is 17.4 Å². The third-order valence-corrected chi connectivity index (χ3v) is 6.60. The smallest absolute Gasteiger partial charge is 0.261 e. The SMILES string of the molecule is Cc1ccc(C)c(NS(=O)(=O)c2ccc(OCC(=O)NCCCN3CCOCC3)cc2)c1. The Morgan fingerprint density at radius 3 is 2.53 bits per heavy atom. The fourth-order valence-electron chi connectivity index (χ4n) is 3.32. The van der Waals surface area contributed by atoms with Crippen molar-refractivity contribution >= 4 is 21.6 Å². The van der Waals surface area contributed by atoms with Crippen molar-refractivity contribution < 1.29 is 22.7 Å². The predicted molar refractivity (Wildman–Crippen MR) is 124 cm³/mol. The van der Waals surface area contributed by atoms with Gasteiger partial charge in [0, 0.05) is 19.6 Å². The van der Waals surface area contributed by atoms with Gasteiger partial charge >= 0.3 is 0 Å². The number of amides is 1. The lowest BCUT2D eigenvalue weighted by Crippen LogP contribution is -2.38. The summed E-state index contributed by atoms with van der Waals surface area (Å²) < 4.78 is 38.8.